The highest BCUT2D eigenvalue weighted by Crippen LogP contribution is 2.41. The van der Waals surface area contributed by atoms with Gasteiger partial charge in [-0.2, -0.15) is 0 Å². The van der Waals surface area contributed by atoms with Gasteiger partial charge in [-0.05, 0) is 103 Å². The maximum absolute atomic E-state index is 5.22. The van der Waals surface area contributed by atoms with Crippen LogP contribution in [0, 0.1) is 0 Å². The molecule has 2 aromatic heterocycles. The molecule has 0 aliphatic heterocycles. The molecule has 0 aliphatic rings. The summed E-state index contributed by atoms with van der Waals surface area (Å²) in [7, 11) is 0. The molecule has 0 unspecified atom stereocenters. The van der Waals surface area contributed by atoms with Crippen molar-refractivity contribution in [1.82, 2.24) is 9.97 Å². The standard InChI is InChI=1S/C54H36N2/c1-5-17-37(18-6-1)51-33-44(34-52(55-51)38-19-7-2-8-20-38)42-29-43(31-46(30-42)50-32-41-25-13-14-26-47(41)48-27-15-16-28-49(48)50)45-35-53(39-21-9-3-10-22-39)56-54(36-45)40-23-11-4-12-24-40/h1-36H. The molecule has 0 amide bonds. The van der Waals surface area contributed by atoms with Crippen LogP contribution in [0.1, 0.15) is 0 Å². The van der Waals surface area contributed by atoms with Crippen LogP contribution in [0.5, 0.6) is 0 Å². The van der Waals surface area contributed by atoms with Gasteiger partial charge in [0.1, 0.15) is 0 Å². The third-order valence-corrected chi connectivity index (χ3v) is 10.6. The summed E-state index contributed by atoms with van der Waals surface area (Å²) in [6.45, 7) is 0. The quantitative estimate of drug-likeness (QED) is 0.154. The van der Waals surface area contributed by atoms with Crippen LogP contribution in [0.25, 0.3) is 100.0 Å². The van der Waals surface area contributed by atoms with E-state index in [1.807, 2.05) is 0 Å². The van der Waals surface area contributed by atoms with E-state index in [0.29, 0.717) is 0 Å². The van der Waals surface area contributed by atoms with Gasteiger partial charge in [0.05, 0.1) is 22.8 Å². The summed E-state index contributed by atoms with van der Waals surface area (Å²) in [5, 5.41) is 4.95. The van der Waals surface area contributed by atoms with Gasteiger partial charge in [-0.15, -0.1) is 0 Å². The SMILES string of the molecule is c1ccc(-c2cc(-c3cc(-c4cc(-c5ccccc5)nc(-c5ccccc5)c4)cc(-c4cc5ccccc5c5ccccc45)c3)cc(-c3ccccc3)n2)cc1. The Bertz CT molecular complexity index is 2730. The summed E-state index contributed by atoms with van der Waals surface area (Å²) < 4.78 is 0. The van der Waals surface area contributed by atoms with Gasteiger partial charge in [0.15, 0.2) is 0 Å². The second kappa shape index (κ2) is 14.4. The van der Waals surface area contributed by atoms with Crippen molar-refractivity contribution in [2.75, 3.05) is 0 Å². The number of hydrogen-bond acceptors (Lipinski definition) is 2. The first kappa shape index (κ1) is 33.2. The van der Waals surface area contributed by atoms with E-state index in [2.05, 4.69) is 218 Å². The van der Waals surface area contributed by atoms with E-state index in [9.17, 15) is 0 Å². The zero-order valence-electron chi connectivity index (χ0n) is 30.7. The first-order valence-corrected chi connectivity index (χ1v) is 19.1. The number of nitrogens with zero attached hydrogens (tertiary/aromatic N) is 2. The summed E-state index contributed by atoms with van der Waals surface area (Å²) >= 11 is 0. The Morgan fingerprint density at radius 2 is 0.536 bits per heavy atom. The van der Waals surface area contributed by atoms with Crippen molar-refractivity contribution in [3.05, 3.63) is 218 Å². The fourth-order valence-electron chi connectivity index (χ4n) is 7.83. The minimum Gasteiger partial charge on any atom is -0.248 e. The van der Waals surface area contributed by atoms with Gasteiger partial charge in [-0.3, -0.25) is 0 Å². The monoisotopic (exact) mass is 712 g/mol. The number of hydrogen-bond donors (Lipinski definition) is 0. The predicted octanol–water partition coefficient (Wildman–Crippen LogP) is 14.5. The van der Waals surface area contributed by atoms with Gasteiger partial charge in [0, 0.05) is 22.3 Å². The molecule has 2 heterocycles. The number of benzene rings is 8. The first-order chi connectivity index (χ1) is 27.7. The minimum atomic E-state index is 0.937. The van der Waals surface area contributed by atoms with Gasteiger partial charge in [-0.1, -0.05) is 170 Å². The van der Waals surface area contributed by atoms with Crippen LogP contribution in [0.2, 0.25) is 0 Å². The predicted molar refractivity (Wildman–Crippen MR) is 235 cm³/mol. The number of rotatable bonds is 7. The topological polar surface area (TPSA) is 25.8 Å². The van der Waals surface area contributed by atoms with Crippen LogP contribution in [0.4, 0.5) is 0 Å². The lowest BCUT2D eigenvalue weighted by Crippen LogP contribution is -1.94. The number of pyridine rings is 2. The van der Waals surface area contributed by atoms with Gasteiger partial charge < -0.3 is 0 Å². The van der Waals surface area contributed by atoms with E-state index in [4.69, 9.17) is 9.97 Å². The van der Waals surface area contributed by atoms with Crippen molar-refractivity contribution in [1.29, 1.82) is 0 Å². The van der Waals surface area contributed by atoms with Crippen LogP contribution < -0.4 is 0 Å². The highest BCUT2D eigenvalue weighted by Gasteiger charge is 2.16. The van der Waals surface area contributed by atoms with E-state index in [-0.39, 0.29) is 0 Å². The molecule has 2 nitrogen and oxygen atoms in total. The fraction of sp³-hybridized carbons (Fsp3) is 0. The molecule has 2 heteroatoms. The molecule has 0 aliphatic carbocycles. The highest BCUT2D eigenvalue weighted by molar-refractivity contribution is 6.14. The van der Waals surface area contributed by atoms with E-state index in [1.54, 1.807) is 0 Å². The molecule has 0 fully saturated rings. The van der Waals surface area contributed by atoms with E-state index in [0.717, 1.165) is 72.8 Å². The summed E-state index contributed by atoms with van der Waals surface area (Å²) in [4.78, 5) is 10.4. The Morgan fingerprint density at radius 1 is 0.214 bits per heavy atom. The maximum atomic E-state index is 5.22. The Hall–Kier alpha value is -7.42. The minimum absolute atomic E-state index is 0.937. The fourth-order valence-corrected chi connectivity index (χ4v) is 7.83. The average molecular weight is 713 g/mol. The molecule has 56 heavy (non-hydrogen) atoms. The van der Waals surface area contributed by atoms with E-state index < -0.39 is 0 Å². The van der Waals surface area contributed by atoms with Crippen molar-refractivity contribution in [3.63, 3.8) is 0 Å². The molecular weight excluding hydrogens is 677 g/mol. The Labute approximate surface area is 327 Å². The van der Waals surface area contributed by atoms with Crippen LogP contribution >= 0.6 is 0 Å². The smallest absolute Gasteiger partial charge is 0.0715 e. The molecule has 0 radical (unpaired) electrons. The summed E-state index contributed by atoms with van der Waals surface area (Å²) in [5.74, 6) is 0. The summed E-state index contributed by atoms with van der Waals surface area (Å²) in [5.41, 5.74) is 14.9. The highest BCUT2D eigenvalue weighted by atomic mass is 14.7. The van der Waals surface area contributed by atoms with Gasteiger partial charge in [0.25, 0.3) is 0 Å². The molecule has 10 aromatic rings. The molecule has 0 saturated heterocycles. The van der Waals surface area contributed by atoms with Crippen molar-refractivity contribution in [3.8, 4) is 78.4 Å². The molecule has 10 rings (SSSR count). The second-order valence-corrected chi connectivity index (χ2v) is 14.2. The number of aromatic nitrogens is 2. The Balaban J connectivity index is 1.26. The first-order valence-electron chi connectivity index (χ1n) is 19.1. The van der Waals surface area contributed by atoms with Gasteiger partial charge in [0.2, 0.25) is 0 Å². The second-order valence-electron chi connectivity index (χ2n) is 14.2. The zero-order valence-corrected chi connectivity index (χ0v) is 30.7. The zero-order chi connectivity index (χ0) is 37.3. The van der Waals surface area contributed by atoms with Crippen molar-refractivity contribution in [2.45, 2.75) is 0 Å². The molecule has 0 spiro atoms. The van der Waals surface area contributed by atoms with Crippen LogP contribution in [0.15, 0.2) is 218 Å². The van der Waals surface area contributed by atoms with Crippen molar-refractivity contribution >= 4 is 21.5 Å². The van der Waals surface area contributed by atoms with Gasteiger partial charge in [-0.25, -0.2) is 9.97 Å². The van der Waals surface area contributed by atoms with E-state index >= 15 is 0 Å². The average Bonchev–Trinajstić information content (AvgIpc) is 3.29. The summed E-state index contributed by atoms with van der Waals surface area (Å²) in [6.07, 6.45) is 0. The van der Waals surface area contributed by atoms with Crippen molar-refractivity contribution < 1.29 is 0 Å². The number of fused-ring (bicyclic) bond motifs is 3. The summed E-state index contributed by atoms with van der Waals surface area (Å²) in [6, 6.07) is 77.8. The molecule has 0 N–H and O–H groups in total. The van der Waals surface area contributed by atoms with Crippen LogP contribution in [-0.4, -0.2) is 9.97 Å². The van der Waals surface area contributed by atoms with E-state index in [1.165, 1.54) is 27.1 Å². The van der Waals surface area contributed by atoms with Crippen LogP contribution in [-0.2, 0) is 0 Å². The van der Waals surface area contributed by atoms with Crippen LogP contribution in [0.3, 0.4) is 0 Å². The normalized spacial score (nSPS) is 11.2. The third-order valence-electron chi connectivity index (χ3n) is 10.6. The third kappa shape index (κ3) is 6.44. The molecule has 0 saturated carbocycles. The lowest BCUT2D eigenvalue weighted by atomic mass is 9.88. The van der Waals surface area contributed by atoms with Gasteiger partial charge >= 0.3 is 0 Å². The lowest BCUT2D eigenvalue weighted by Gasteiger charge is -2.17. The molecule has 0 bridgehead atoms. The molecule has 0 atom stereocenters. The Morgan fingerprint density at radius 3 is 0.964 bits per heavy atom. The van der Waals surface area contributed by atoms with Crippen molar-refractivity contribution in [2.24, 2.45) is 0 Å². The molecule has 262 valence electrons. The largest absolute Gasteiger partial charge is 0.248 e. The maximum Gasteiger partial charge on any atom is 0.0715 e. The molecular formula is C54H36N2. The molecule has 8 aromatic carbocycles. The lowest BCUT2D eigenvalue weighted by molar-refractivity contribution is 1.32. The Kier molecular flexibility index (Phi) is 8.55.